The number of unbranched alkanes of at least 4 members (excludes halogenated alkanes) is 2. The van der Waals surface area contributed by atoms with E-state index in [1.165, 1.54) is 23.1 Å². The first-order valence-corrected chi connectivity index (χ1v) is 19.6. The SMILES string of the molecule is C=CCOC(=O)N1c2cc(OCCCCCI)c(C)cc2C(=O)N2C=C(c3ccc(F)cc3)C[C@H]2[C@@H]1O[Si](C)(C)C(C)(C)C. The molecule has 4 rings (SSSR count). The average Bonchev–Trinajstić information content (AvgIpc) is 3.38. The molecular formula is C34H44FIN2O5Si. The standard InChI is InChI=1S/C34H44FIN2O5Si/c1-8-17-42-33(40)38-28-21-30(41-18-11-9-10-16-36)23(2)19-27(28)31(39)37-22-25(24-12-14-26(35)15-13-24)20-29(37)32(38)43-44(6,7)34(3,4)5/h8,12-15,19,21-22,29,32H,1,9-11,16-18,20H2,2-7H3/t29-,32-/m0/s1. The Hall–Kier alpha value is -2.70. The van der Waals surface area contributed by atoms with Gasteiger partial charge in [-0.25, -0.2) is 14.1 Å². The van der Waals surface area contributed by atoms with Gasteiger partial charge in [0.1, 0.15) is 18.2 Å². The summed E-state index contributed by atoms with van der Waals surface area (Å²) in [4.78, 5) is 31.6. The number of fused-ring (bicyclic) bond motifs is 2. The van der Waals surface area contributed by atoms with Crippen LogP contribution in [0.15, 0.2) is 55.3 Å². The van der Waals surface area contributed by atoms with Crippen molar-refractivity contribution in [1.29, 1.82) is 0 Å². The fraction of sp³-hybridized carbons (Fsp3) is 0.471. The maximum absolute atomic E-state index is 14.4. The molecule has 2 aliphatic rings. The molecule has 238 valence electrons. The Morgan fingerprint density at radius 3 is 2.50 bits per heavy atom. The molecule has 0 aromatic heterocycles. The Balaban J connectivity index is 1.87. The number of hydrogen-bond donors (Lipinski definition) is 0. The van der Waals surface area contributed by atoms with Crippen LogP contribution in [0.2, 0.25) is 18.1 Å². The number of ether oxygens (including phenoxy) is 2. The third-order valence-electron chi connectivity index (χ3n) is 8.68. The van der Waals surface area contributed by atoms with Crippen molar-refractivity contribution >= 4 is 54.2 Å². The molecule has 0 radical (unpaired) electrons. The highest BCUT2D eigenvalue weighted by atomic mass is 127. The van der Waals surface area contributed by atoms with E-state index in [-0.39, 0.29) is 23.4 Å². The summed E-state index contributed by atoms with van der Waals surface area (Å²) in [5, 5.41) is -0.182. The lowest BCUT2D eigenvalue weighted by Gasteiger charge is -2.44. The normalized spacial score (nSPS) is 18.4. The number of nitrogens with zero attached hydrogens (tertiary/aromatic N) is 2. The summed E-state index contributed by atoms with van der Waals surface area (Å²) in [6, 6.07) is 9.27. The molecule has 2 aromatic rings. The molecule has 2 atom stereocenters. The lowest BCUT2D eigenvalue weighted by atomic mass is 10.0. The fourth-order valence-corrected chi connectivity index (χ4v) is 6.92. The third-order valence-corrected chi connectivity index (χ3v) is 13.9. The zero-order valence-corrected chi connectivity index (χ0v) is 29.8. The van der Waals surface area contributed by atoms with Crippen LogP contribution >= 0.6 is 22.6 Å². The molecule has 0 saturated heterocycles. The summed E-state index contributed by atoms with van der Waals surface area (Å²) >= 11 is 2.37. The van der Waals surface area contributed by atoms with E-state index < -0.39 is 26.7 Å². The summed E-state index contributed by atoms with van der Waals surface area (Å²) in [5.41, 5.74) is 3.22. The fourth-order valence-electron chi connectivity index (χ4n) is 5.16. The van der Waals surface area contributed by atoms with Gasteiger partial charge in [-0.15, -0.1) is 0 Å². The largest absolute Gasteiger partial charge is 0.493 e. The van der Waals surface area contributed by atoms with E-state index in [0.717, 1.165) is 40.4 Å². The smallest absolute Gasteiger partial charge is 0.416 e. The minimum atomic E-state index is -2.52. The van der Waals surface area contributed by atoms with Gasteiger partial charge in [0.15, 0.2) is 14.5 Å². The third kappa shape index (κ3) is 7.39. The number of benzene rings is 2. The summed E-state index contributed by atoms with van der Waals surface area (Å²) in [5.74, 6) is 0.0329. The van der Waals surface area contributed by atoms with Gasteiger partial charge in [-0.2, -0.15) is 0 Å². The first kappa shape index (κ1) is 34.2. The minimum Gasteiger partial charge on any atom is -0.493 e. The quantitative estimate of drug-likeness (QED) is 0.0759. The molecule has 0 unspecified atom stereocenters. The van der Waals surface area contributed by atoms with Crippen molar-refractivity contribution in [1.82, 2.24) is 4.90 Å². The minimum absolute atomic E-state index is 0.00488. The second kappa shape index (κ2) is 14.2. The van der Waals surface area contributed by atoms with Gasteiger partial charge in [-0.05, 0) is 90.1 Å². The zero-order chi connectivity index (χ0) is 32.2. The molecule has 0 N–H and O–H groups in total. The summed E-state index contributed by atoms with van der Waals surface area (Å²) in [7, 11) is -2.52. The van der Waals surface area contributed by atoms with Crippen molar-refractivity contribution in [3.63, 3.8) is 0 Å². The molecule has 0 fully saturated rings. The first-order valence-electron chi connectivity index (χ1n) is 15.2. The van der Waals surface area contributed by atoms with Gasteiger partial charge in [0, 0.05) is 12.3 Å². The van der Waals surface area contributed by atoms with Crippen molar-refractivity contribution < 1.29 is 27.9 Å². The van der Waals surface area contributed by atoms with E-state index in [0.29, 0.717) is 30.0 Å². The lowest BCUT2D eigenvalue weighted by molar-refractivity contribution is 0.0590. The van der Waals surface area contributed by atoms with Gasteiger partial charge in [0.05, 0.1) is 23.9 Å². The molecule has 2 heterocycles. The van der Waals surface area contributed by atoms with Crippen LogP contribution < -0.4 is 9.64 Å². The molecular weight excluding hydrogens is 690 g/mol. The molecule has 2 aromatic carbocycles. The summed E-state index contributed by atoms with van der Waals surface area (Å²) in [6.07, 6.45) is 5.36. The van der Waals surface area contributed by atoms with Gasteiger partial charge in [0.25, 0.3) is 5.91 Å². The number of rotatable bonds is 11. The molecule has 0 aliphatic carbocycles. The van der Waals surface area contributed by atoms with Crippen LogP contribution in [0.5, 0.6) is 5.75 Å². The molecule has 44 heavy (non-hydrogen) atoms. The van der Waals surface area contributed by atoms with E-state index >= 15 is 0 Å². The maximum atomic E-state index is 14.4. The molecule has 2 amide bonds. The predicted molar refractivity (Wildman–Crippen MR) is 184 cm³/mol. The van der Waals surface area contributed by atoms with Gasteiger partial charge in [-0.3, -0.25) is 4.79 Å². The summed E-state index contributed by atoms with van der Waals surface area (Å²) < 4.78 is 33.8. The molecule has 0 bridgehead atoms. The van der Waals surface area contributed by atoms with E-state index in [4.69, 9.17) is 13.9 Å². The Bertz CT molecular complexity index is 1410. The van der Waals surface area contributed by atoms with Crippen molar-refractivity contribution in [3.05, 3.63) is 77.8 Å². The topological polar surface area (TPSA) is 68.3 Å². The van der Waals surface area contributed by atoms with Crippen LogP contribution in [0.3, 0.4) is 0 Å². The number of carbonyl (C=O) groups is 2. The van der Waals surface area contributed by atoms with Gasteiger partial charge in [0.2, 0.25) is 0 Å². The van der Waals surface area contributed by atoms with Crippen molar-refractivity contribution in [2.24, 2.45) is 0 Å². The Morgan fingerprint density at radius 1 is 1.16 bits per heavy atom. The van der Waals surface area contributed by atoms with Gasteiger partial charge >= 0.3 is 6.09 Å². The van der Waals surface area contributed by atoms with E-state index in [1.54, 1.807) is 29.2 Å². The average molecular weight is 735 g/mol. The maximum Gasteiger partial charge on any atom is 0.416 e. The second-order valence-corrected chi connectivity index (χ2v) is 18.7. The van der Waals surface area contributed by atoms with Crippen LogP contribution in [0.4, 0.5) is 14.9 Å². The molecule has 0 saturated carbocycles. The Kier molecular flexibility index (Phi) is 11.0. The number of halogens is 2. The molecule has 2 aliphatic heterocycles. The second-order valence-electron chi connectivity index (χ2n) is 12.9. The van der Waals surface area contributed by atoms with E-state index in [2.05, 4.69) is 63.0 Å². The van der Waals surface area contributed by atoms with E-state index in [1.807, 2.05) is 13.1 Å². The van der Waals surface area contributed by atoms with Crippen molar-refractivity contribution in [2.45, 2.75) is 83.8 Å². The highest BCUT2D eigenvalue weighted by Gasteiger charge is 2.50. The monoisotopic (exact) mass is 734 g/mol. The number of aryl methyl sites for hydroxylation is 1. The lowest BCUT2D eigenvalue weighted by Crippen LogP contribution is -2.57. The van der Waals surface area contributed by atoms with Gasteiger partial charge < -0.3 is 18.8 Å². The number of hydrogen-bond acceptors (Lipinski definition) is 5. The highest BCUT2D eigenvalue weighted by Crippen LogP contribution is 2.45. The number of alkyl halides is 1. The van der Waals surface area contributed by atoms with Crippen LogP contribution in [0.1, 0.15) is 67.9 Å². The highest BCUT2D eigenvalue weighted by molar-refractivity contribution is 14.1. The first-order chi connectivity index (χ1) is 20.8. The summed E-state index contributed by atoms with van der Waals surface area (Å²) in [6.45, 7) is 16.8. The Morgan fingerprint density at radius 2 is 1.86 bits per heavy atom. The number of carbonyl (C=O) groups excluding carboxylic acids is 2. The predicted octanol–water partition coefficient (Wildman–Crippen LogP) is 8.86. The molecule has 10 heteroatoms. The zero-order valence-electron chi connectivity index (χ0n) is 26.6. The number of anilines is 1. The van der Waals surface area contributed by atoms with Crippen molar-refractivity contribution in [2.75, 3.05) is 22.5 Å². The molecule has 7 nitrogen and oxygen atoms in total. The van der Waals surface area contributed by atoms with Crippen LogP contribution in [-0.2, 0) is 9.16 Å². The molecule has 0 spiro atoms. The Labute approximate surface area is 275 Å². The van der Waals surface area contributed by atoms with Crippen LogP contribution in [0.25, 0.3) is 5.57 Å². The van der Waals surface area contributed by atoms with Gasteiger partial charge in [-0.1, -0.05) is 68.1 Å². The van der Waals surface area contributed by atoms with Crippen LogP contribution in [0, 0.1) is 12.7 Å². The van der Waals surface area contributed by atoms with Crippen molar-refractivity contribution in [3.8, 4) is 5.75 Å². The number of amides is 2. The van der Waals surface area contributed by atoms with Crippen LogP contribution in [-0.4, -0.2) is 55.1 Å². The van der Waals surface area contributed by atoms with E-state index in [9.17, 15) is 14.0 Å².